The van der Waals surface area contributed by atoms with Gasteiger partial charge in [0.15, 0.2) is 0 Å². The summed E-state index contributed by atoms with van der Waals surface area (Å²) in [6.45, 7) is 0.563. The molecule has 1 aliphatic rings. The molecule has 3 aromatic rings. The average Bonchev–Trinajstić information content (AvgIpc) is 3.38. The maximum atomic E-state index is 12.7. The van der Waals surface area contributed by atoms with Crippen LogP contribution in [-0.2, 0) is 11.0 Å². The van der Waals surface area contributed by atoms with Gasteiger partial charge in [-0.3, -0.25) is 4.79 Å². The number of carbonyl (C=O) groups is 1. The molecule has 1 unspecified atom stereocenters. The molecule has 30 heavy (non-hydrogen) atoms. The highest BCUT2D eigenvalue weighted by Crippen LogP contribution is 2.33. The van der Waals surface area contributed by atoms with Crippen LogP contribution in [0.4, 0.5) is 24.5 Å². The minimum absolute atomic E-state index is 0.147. The van der Waals surface area contributed by atoms with Crippen molar-refractivity contribution in [2.24, 2.45) is 0 Å². The summed E-state index contributed by atoms with van der Waals surface area (Å²) in [5.41, 5.74) is 0.936. The number of hydrogen-bond acceptors (Lipinski definition) is 6. The second-order valence-corrected chi connectivity index (χ2v) is 6.32. The normalized spacial score (nSPS) is 15.9. The number of para-hydroxylation sites is 1. The van der Waals surface area contributed by atoms with Crippen molar-refractivity contribution in [1.82, 2.24) is 15.5 Å². The molecule has 1 aromatic heterocycles. The first-order valence-corrected chi connectivity index (χ1v) is 9.01. The molecule has 4 rings (SSSR count). The number of benzene rings is 2. The third-order valence-electron chi connectivity index (χ3n) is 4.44. The molecule has 3 N–H and O–H groups in total. The zero-order valence-electron chi connectivity index (χ0n) is 15.9. The largest absolute Gasteiger partial charge is 0.420 e. The quantitative estimate of drug-likeness (QED) is 0.595. The van der Waals surface area contributed by atoms with Gasteiger partial charge < -0.3 is 20.2 Å². The molecule has 0 spiro atoms. The van der Waals surface area contributed by atoms with Crippen LogP contribution in [-0.4, -0.2) is 34.9 Å². The van der Waals surface area contributed by atoms with Crippen molar-refractivity contribution in [2.75, 3.05) is 19.0 Å². The Labute approximate surface area is 169 Å². The zero-order valence-corrected chi connectivity index (χ0v) is 15.9. The molecule has 158 valence electrons. The molecule has 2 heterocycles. The van der Waals surface area contributed by atoms with Crippen molar-refractivity contribution in [2.45, 2.75) is 18.5 Å². The van der Waals surface area contributed by atoms with Gasteiger partial charge in [-0.1, -0.05) is 12.1 Å². The molecular formula is C20H19F3N4O3. The van der Waals surface area contributed by atoms with Crippen LogP contribution in [0.3, 0.4) is 0 Å². The Bertz CT molecular complexity index is 1000. The van der Waals surface area contributed by atoms with Gasteiger partial charge in [-0.15, -0.1) is 10.2 Å². The standard InChI is InChI=1S/C19H15F3N4O2.CH4O/c20-19(21,22)11-5-7-12(8-6-11)24-15-4-2-1-3-13(15)17-25-26-18(28-17)14-9-10-23-16(14)27;1-2/h1-8,14,24H,9-10H2,(H,23,27);2H,1H3. The van der Waals surface area contributed by atoms with Crippen molar-refractivity contribution in [3.8, 4) is 11.5 Å². The summed E-state index contributed by atoms with van der Waals surface area (Å²) in [5, 5.41) is 20.8. The van der Waals surface area contributed by atoms with Crippen LogP contribution in [0, 0.1) is 0 Å². The number of carbonyl (C=O) groups excluding carboxylic acids is 1. The summed E-state index contributed by atoms with van der Waals surface area (Å²) < 4.78 is 43.8. The number of nitrogens with zero attached hydrogens (tertiary/aromatic N) is 2. The van der Waals surface area contributed by atoms with Crippen LogP contribution in [0.1, 0.15) is 23.8 Å². The van der Waals surface area contributed by atoms with Crippen LogP contribution in [0.25, 0.3) is 11.5 Å². The van der Waals surface area contributed by atoms with Crippen molar-refractivity contribution < 1.29 is 27.5 Å². The first-order chi connectivity index (χ1) is 14.4. The molecule has 1 saturated heterocycles. The van der Waals surface area contributed by atoms with Crippen LogP contribution >= 0.6 is 0 Å². The third-order valence-corrected chi connectivity index (χ3v) is 4.44. The molecule has 0 radical (unpaired) electrons. The van der Waals surface area contributed by atoms with E-state index in [1.54, 1.807) is 24.3 Å². The first kappa shape index (κ1) is 21.3. The van der Waals surface area contributed by atoms with E-state index in [1.807, 2.05) is 0 Å². The highest BCUT2D eigenvalue weighted by atomic mass is 19.4. The lowest BCUT2D eigenvalue weighted by atomic mass is 10.1. The van der Waals surface area contributed by atoms with E-state index in [-0.39, 0.29) is 17.7 Å². The fraction of sp³-hybridized carbons (Fsp3) is 0.250. The molecule has 2 aromatic carbocycles. The van der Waals surface area contributed by atoms with Crippen molar-refractivity contribution in [1.29, 1.82) is 0 Å². The molecule has 1 fully saturated rings. The van der Waals surface area contributed by atoms with Crippen molar-refractivity contribution >= 4 is 17.3 Å². The smallest absolute Gasteiger partial charge is 0.416 e. The predicted octanol–water partition coefficient (Wildman–Crippen LogP) is 3.71. The lowest BCUT2D eigenvalue weighted by Gasteiger charge is -2.11. The van der Waals surface area contributed by atoms with Gasteiger partial charge in [0.05, 0.1) is 16.8 Å². The molecule has 0 saturated carbocycles. The first-order valence-electron chi connectivity index (χ1n) is 9.01. The number of aliphatic hydroxyl groups is 1. The molecule has 7 nitrogen and oxygen atoms in total. The molecule has 1 atom stereocenters. The van der Waals surface area contributed by atoms with Crippen molar-refractivity contribution in [3.63, 3.8) is 0 Å². The van der Waals surface area contributed by atoms with Gasteiger partial charge in [0.25, 0.3) is 0 Å². The fourth-order valence-corrected chi connectivity index (χ4v) is 2.99. The van der Waals surface area contributed by atoms with Crippen LogP contribution in [0.15, 0.2) is 52.9 Å². The molecule has 10 heteroatoms. The number of aliphatic hydroxyl groups excluding tert-OH is 1. The Morgan fingerprint density at radius 2 is 1.80 bits per heavy atom. The molecule has 1 amide bonds. The Kier molecular flexibility index (Phi) is 6.36. The number of hydrogen-bond donors (Lipinski definition) is 3. The number of nitrogens with one attached hydrogen (secondary N) is 2. The van der Waals surface area contributed by atoms with E-state index in [0.29, 0.717) is 29.9 Å². The van der Waals surface area contributed by atoms with Gasteiger partial charge >= 0.3 is 6.18 Å². The lowest BCUT2D eigenvalue weighted by Crippen LogP contribution is -2.18. The number of alkyl halides is 3. The Morgan fingerprint density at radius 3 is 2.43 bits per heavy atom. The minimum atomic E-state index is -4.39. The van der Waals surface area contributed by atoms with E-state index >= 15 is 0 Å². The highest BCUT2D eigenvalue weighted by Gasteiger charge is 2.31. The Balaban J connectivity index is 0.00000124. The second kappa shape index (κ2) is 8.95. The maximum absolute atomic E-state index is 12.7. The Hall–Kier alpha value is -3.40. The van der Waals surface area contributed by atoms with Gasteiger partial charge in [0.1, 0.15) is 5.92 Å². The zero-order chi connectivity index (χ0) is 21.7. The van der Waals surface area contributed by atoms with Gasteiger partial charge in [-0.05, 0) is 42.8 Å². The fourth-order valence-electron chi connectivity index (χ4n) is 2.99. The van der Waals surface area contributed by atoms with Crippen LogP contribution < -0.4 is 10.6 Å². The second-order valence-electron chi connectivity index (χ2n) is 6.32. The summed E-state index contributed by atoms with van der Waals surface area (Å²) >= 11 is 0. The summed E-state index contributed by atoms with van der Waals surface area (Å²) in [7, 11) is 1.00. The summed E-state index contributed by atoms with van der Waals surface area (Å²) in [5.74, 6) is -0.137. The monoisotopic (exact) mass is 420 g/mol. The van der Waals surface area contributed by atoms with E-state index in [2.05, 4.69) is 20.8 Å². The molecule has 0 bridgehead atoms. The van der Waals surface area contributed by atoms with Gasteiger partial charge in [-0.2, -0.15) is 13.2 Å². The summed E-state index contributed by atoms with van der Waals surface area (Å²) in [4.78, 5) is 11.8. The van der Waals surface area contributed by atoms with Gasteiger partial charge in [0, 0.05) is 19.3 Å². The van der Waals surface area contributed by atoms with E-state index in [9.17, 15) is 18.0 Å². The van der Waals surface area contributed by atoms with Crippen LogP contribution in [0.2, 0.25) is 0 Å². The SMILES string of the molecule is CO.O=C1NCCC1c1nnc(-c2ccccc2Nc2ccc(C(F)(F)F)cc2)o1. The van der Waals surface area contributed by atoms with Gasteiger partial charge in [-0.25, -0.2) is 0 Å². The molecule has 0 aliphatic carbocycles. The Morgan fingerprint density at radius 1 is 1.10 bits per heavy atom. The lowest BCUT2D eigenvalue weighted by molar-refractivity contribution is -0.137. The highest BCUT2D eigenvalue weighted by molar-refractivity contribution is 5.84. The van der Waals surface area contributed by atoms with E-state index in [1.165, 1.54) is 12.1 Å². The average molecular weight is 420 g/mol. The van der Waals surface area contributed by atoms with E-state index < -0.39 is 17.7 Å². The summed E-state index contributed by atoms with van der Waals surface area (Å²) in [6, 6.07) is 11.8. The number of halogens is 3. The number of aromatic nitrogens is 2. The van der Waals surface area contributed by atoms with E-state index in [4.69, 9.17) is 9.52 Å². The minimum Gasteiger partial charge on any atom is -0.420 e. The number of amides is 1. The van der Waals surface area contributed by atoms with Crippen LogP contribution in [0.5, 0.6) is 0 Å². The predicted molar refractivity (Wildman–Crippen MR) is 103 cm³/mol. The molecule has 1 aliphatic heterocycles. The number of anilines is 2. The summed E-state index contributed by atoms with van der Waals surface area (Å²) in [6.07, 6.45) is -3.80. The molecular weight excluding hydrogens is 401 g/mol. The van der Waals surface area contributed by atoms with E-state index in [0.717, 1.165) is 19.2 Å². The number of rotatable bonds is 4. The topological polar surface area (TPSA) is 100 Å². The van der Waals surface area contributed by atoms with Gasteiger partial charge in [0.2, 0.25) is 17.7 Å². The third kappa shape index (κ3) is 4.60. The maximum Gasteiger partial charge on any atom is 0.416 e. The van der Waals surface area contributed by atoms with Crippen molar-refractivity contribution in [3.05, 3.63) is 60.0 Å².